The average Bonchev–Trinajstić information content (AvgIpc) is 2.38. The molecule has 0 saturated carbocycles. The van der Waals surface area contributed by atoms with Crippen molar-refractivity contribution in [2.24, 2.45) is 0 Å². The van der Waals surface area contributed by atoms with E-state index in [1.165, 1.54) is 17.0 Å². The van der Waals surface area contributed by atoms with Gasteiger partial charge in [0.15, 0.2) is 0 Å². The molecule has 0 aromatic heterocycles. The predicted octanol–water partition coefficient (Wildman–Crippen LogP) is 3.73. The van der Waals surface area contributed by atoms with E-state index < -0.39 is 11.6 Å². The second-order valence-corrected chi connectivity index (χ2v) is 4.53. The molecular formula is C15H14F2N2O. The van der Waals surface area contributed by atoms with E-state index in [0.29, 0.717) is 16.8 Å². The number of amides is 2. The maximum absolute atomic E-state index is 13.3. The van der Waals surface area contributed by atoms with E-state index in [9.17, 15) is 13.6 Å². The van der Waals surface area contributed by atoms with Crippen molar-refractivity contribution >= 4 is 11.7 Å². The topological polar surface area (TPSA) is 32.3 Å². The first-order valence-corrected chi connectivity index (χ1v) is 6.01. The van der Waals surface area contributed by atoms with Crippen molar-refractivity contribution in [1.82, 2.24) is 4.90 Å². The first-order valence-electron chi connectivity index (χ1n) is 6.01. The van der Waals surface area contributed by atoms with Crippen LogP contribution in [0.1, 0.15) is 0 Å². The molecule has 0 aliphatic rings. The largest absolute Gasteiger partial charge is 0.331 e. The van der Waals surface area contributed by atoms with Gasteiger partial charge in [-0.1, -0.05) is 18.2 Å². The van der Waals surface area contributed by atoms with E-state index in [4.69, 9.17) is 0 Å². The quantitative estimate of drug-likeness (QED) is 0.890. The summed E-state index contributed by atoms with van der Waals surface area (Å²) in [6.07, 6.45) is 0. The normalized spacial score (nSPS) is 10.2. The van der Waals surface area contributed by atoms with Gasteiger partial charge in [0.05, 0.1) is 5.69 Å². The number of urea groups is 1. The van der Waals surface area contributed by atoms with Crippen LogP contribution in [0.5, 0.6) is 0 Å². The van der Waals surface area contributed by atoms with Gasteiger partial charge in [0.1, 0.15) is 11.6 Å². The maximum atomic E-state index is 13.3. The maximum Gasteiger partial charge on any atom is 0.321 e. The second-order valence-electron chi connectivity index (χ2n) is 4.53. The van der Waals surface area contributed by atoms with Crippen molar-refractivity contribution in [2.75, 3.05) is 19.4 Å². The predicted molar refractivity (Wildman–Crippen MR) is 74.5 cm³/mol. The number of anilines is 1. The fraction of sp³-hybridized carbons (Fsp3) is 0.133. The minimum atomic E-state index is -0.659. The van der Waals surface area contributed by atoms with Gasteiger partial charge >= 0.3 is 6.03 Å². The molecule has 2 amide bonds. The van der Waals surface area contributed by atoms with E-state index in [1.807, 2.05) is 0 Å². The minimum Gasteiger partial charge on any atom is -0.331 e. The molecule has 104 valence electrons. The Morgan fingerprint density at radius 3 is 2.25 bits per heavy atom. The zero-order valence-electron chi connectivity index (χ0n) is 11.2. The lowest BCUT2D eigenvalue weighted by Gasteiger charge is -2.15. The lowest BCUT2D eigenvalue weighted by atomic mass is 10.0. The Bertz CT molecular complexity index is 621. The molecule has 0 aliphatic carbocycles. The van der Waals surface area contributed by atoms with Crippen LogP contribution in [-0.4, -0.2) is 25.0 Å². The van der Waals surface area contributed by atoms with Crippen LogP contribution in [-0.2, 0) is 0 Å². The minimum absolute atomic E-state index is 0.311. The van der Waals surface area contributed by atoms with Crippen molar-refractivity contribution in [3.05, 3.63) is 54.1 Å². The molecule has 2 aromatic rings. The lowest BCUT2D eigenvalue weighted by molar-refractivity contribution is 0.230. The summed E-state index contributed by atoms with van der Waals surface area (Å²) >= 11 is 0. The molecule has 0 unspecified atom stereocenters. The number of rotatable bonds is 2. The van der Waals surface area contributed by atoms with Crippen LogP contribution in [0, 0.1) is 11.6 Å². The number of carbonyl (C=O) groups is 1. The Morgan fingerprint density at radius 2 is 1.65 bits per heavy atom. The van der Waals surface area contributed by atoms with Crippen molar-refractivity contribution < 1.29 is 13.6 Å². The molecule has 0 fully saturated rings. The first kappa shape index (κ1) is 14.0. The average molecular weight is 276 g/mol. The van der Waals surface area contributed by atoms with Crippen LogP contribution in [0.4, 0.5) is 19.3 Å². The molecule has 2 rings (SSSR count). The number of halogens is 2. The Kier molecular flexibility index (Phi) is 3.98. The third-order valence-electron chi connectivity index (χ3n) is 2.75. The Balaban J connectivity index is 2.44. The monoisotopic (exact) mass is 276 g/mol. The highest BCUT2D eigenvalue weighted by molar-refractivity contribution is 5.94. The van der Waals surface area contributed by atoms with Gasteiger partial charge in [0.25, 0.3) is 0 Å². The van der Waals surface area contributed by atoms with Crippen LogP contribution in [0.2, 0.25) is 0 Å². The summed E-state index contributed by atoms with van der Waals surface area (Å²) in [6.45, 7) is 0. The van der Waals surface area contributed by atoms with Gasteiger partial charge in [0, 0.05) is 25.7 Å². The van der Waals surface area contributed by atoms with Crippen LogP contribution in [0.25, 0.3) is 11.1 Å². The van der Waals surface area contributed by atoms with Gasteiger partial charge in [0.2, 0.25) is 0 Å². The molecule has 3 nitrogen and oxygen atoms in total. The van der Waals surface area contributed by atoms with Crippen LogP contribution < -0.4 is 5.32 Å². The number of hydrogen-bond acceptors (Lipinski definition) is 1. The molecule has 0 spiro atoms. The fourth-order valence-corrected chi connectivity index (χ4v) is 1.78. The smallest absolute Gasteiger partial charge is 0.321 e. The van der Waals surface area contributed by atoms with Crippen molar-refractivity contribution in [1.29, 1.82) is 0 Å². The number of benzene rings is 2. The summed E-state index contributed by atoms with van der Waals surface area (Å²) in [7, 11) is 3.22. The number of para-hydroxylation sites is 1. The van der Waals surface area contributed by atoms with Crippen LogP contribution in [0.15, 0.2) is 42.5 Å². The lowest BCUT2D eigenvalue weighted by Crippen LogP contribution is -2.27. The summed E-state index contributed by atoms with van der Waals surface area (Å²) in [4.78, 5) is 13.1. The van der Waals surface area contributed by atoms with E-state index in [0.717, 1.165) is 6.07 Å². The number of hydrogen-bond donors (Lipinski definition) is 1. The van der Waals surface area contributed by atoms with Gasteiger partial charge in [-0.05, 0) is 23.8 Å². The molecular weight excluding hydrogens is 262 g/mol. The number of nitrogens with zero attached hydrogens (tertiary/aromatic N) is 1. The summed E-state index contributed by atoms with van der Waals surface area (Å²) in [5, 5.41) is 2.69. The highest BCUT2D eigenvalue weighted by Crippen LogP contribution is 2.29. The summed E-state index contributed by atoms with van der Waals surface area (Å²) in [5.41, 5.74) is 1.43. The molecule has 0 radical (unpaired) electrons. The van der Waals surface area contributed by atoms with Crippen molar-refractivity contribution in [3.8, 4) is 11.1 Å². The van der Waals surface area contributed by atoms with Crippen LogP contribution >= 0.6 is 0 Å². The second kappa shape index (κ2) is 5.69. The third kappa shape index (κ3) is 3.12. The van der Waals surface area contributed by atoms with Gasteiger partial charge < -0.3 is 10.2 Å². The molecule has 0 bridgehead atoms. The molecule has 0 atom stereocenters. The van der Waals surface area contributed by atoms with Gasteiger partial charge in [-0.15, -0.1) is 0 Å². The highest BCUT2D eigenvalue weighted by atomic mass is 19.1. The Morgan fingerprint density at radius 1 is 1.05 bits per heavy atom. The summed E-state index contributed by atoms with van der Waals surface area (Å²) in [5.74, 6) is -1.32. The Labute approximate surface area is 115 Å². The molecule has 5 heteroatoms. The summed E-state index contributed by atoms with van der Waals surface area (Å²) < 4.78 is 26.6. The van der Waals surface area contributed by atoms with E-state index >= 15 is 0 Å². The van der Waals surface area contributed by atoms with Gasteiger partial charge in [-0.3, -0.25) is 0 Å². The molecule has 20 heavy (non-hydrogen) atoms. The highest BCUT2D eigenvalue weighted by Gasteiger charge is 2.11. The Hall–Kier alpha value is -2.43. The zero-order chi connectivity index (χ0) is 14.7. The van der Waals surface area contributed by atoms with Gasteiger partial charge in [-0.25, -0.2) is 13.6 Å². The molecule has 2 aromatic carbocycles. The van der Waals surface area contributed by atoms with E-state index in [2.05, 4.69) is 5.32 Å². The standard InChI is InChI=1S/C15H14F2N2O/c1-19(2)15(20)18-14-6-4-3-5-13(14)10-7-11(16)9-12(17)8-10/h3-9H,1-2H3,(H,18,20). The van der Waals surface area contributed by atoms with Crippen molar-refractivity contribution in [2.45, 2.75) is 0 Å². The van der Waals surface area contributed by atoms with Gasteiger partial charge in [-0.2, -0.15) is 0 Å². The molecule has 0 aliphatic heterocycles. The first-order chi connectivity index (χ1) is 9.47. The fourth-order valence-electron chi connectivity index (χ4n) is 1.78. The van der Waals surface area contributed by atoms with E-state index in [-0.39, 0.29) is 6.03 Å². The molecule has 0 heterocycles. The SMILES string of the molecule is CN(C)C(=O)Nc1ccccc1-c1cc(F)cc(F)c1. The number of nitrogens with one attached hydrogen (secondary N) is 1. The van der Waals surface area contributed by atoms with E-state index in [1.54, 1.807) is 38.4 Å². The summed E-state index contributed by atoms with van der Waals surface area (Å²) in [6, 6.07) is 9.81. The third-order valence-corrected chi connectivity index (χ3v) is 2.75. The molecule has 1 N–H and O–H groups in total. The molecule has 0 saturated heterocycles. The van der Waals surface area contributed by atoms with Crippen molar-refractivity contribution in [3.63, 3.8) is 0 Å². The van der Waals surface area contributed by atoms with Crippen LogP contribution in [0.3, 0.4) is 0 Å². The zero-order valence-corrected chi connectivity index (χ0v) is 11.2. The number of carbonyl (C=O) groups excluding carboxylic acids is 1.